The van der Waals surface area contributed by atoms with E-state index >= 15 is 0 Å². The molecular weight excluding hydrogens is 468 g/mol. The Morgan fingerprint density at radius 3 is 2.32 bits per heavy atom. The SMILES string of the molecule is CCC(C)(C)c1ccc(OCCCCN(Cc2ccncc2)C(=O)CCC2CCCC2)c(C(C)(C)CC)c1. The van der Waals surface area contributed by atoms with Gasteiger partial charge in [0.15, 0.2) is 0 Å². The lowest BCUT2D eigenvalue weighted by Crippen LogP contribution is -2.32. The van der Waals surface area contributed by atoms with Crippen LogP contribution < -0.4 is 4.74 Å². The van der Waals surface area contributed by atoms with Crippen LogP contribution in [0.1, 0.15) is 122 Å². The summed E-state index contributed by atoms with van der Waals surface area (Å²) in [5.41, 5.74) is 4.04. The van der Waals surface area contributed by atoms with E-state index in [9.17, 15) is 4.79 Å². The number of nitrogens with zero attached hydrogens (tertiary/aromatic N) is 2. The van der Waals surface area contributed by atoms with Gasteiger partial charge < -0.3 is 9.64 Å². The molecule has 0 bridgehead atoms. The number of benzene rings is 1. The molecule has 1 aliphatic carbocycles. The predicted octanol–water partition coefficient (Wildman–Crippen LogP) is 8.62. The molecule has 210 valence electrons. The highest BCUT2D eigenvalue weighted by atomic mass is 16.5. The second kappa shape index (κ2) is 14.1. The fraction of sp³-hybridized carbons (Fsp3) is 0.647. The zero-order valence-electron chi connectivity index (χ0n) is 25.0. The van der Waals surface area contributed by atoms with Gasteiger partial charge in [-0.25, -0.2) is 0 Å². The molecule has 1 aliphatic rings. The molecule has 0 radical (unpaired) electrons. The molecule has 1 saturated carbocycles. The molecule has 0 saturated heterocycles. The first-order chi connectivity index (χ1) is 18.2. The van der Waals surface area contributed by atoms with Crippen LogP contribution >= 0.6 is 0 Å². The summed E-state index contributed by atoms with van der Waals surface area (Å²) in [5.74, 6) is 2.04. The van der Waals surface area contributed by atoms with Gasteiger partial charge in [-0.2, -0.15) is 0 Å². The fourth-order valence-corrected chi connectivity index (χ4v) is 5.37. The minimum atomic E-state index is 0.0578. The second-order valence-electron chi connectivity index (χ2n) is 12.6. The van der Waals surface area contributed by atoms with Gasteiger partial charge in [-0.05, 0) is 78.2 Å². The first-order valence-electron chi connectivity index (χ1n) is 15.1. The summed E-state index contributed by atoms with van der Waals surface area (Å²) in [6.45, 7) is 15.9. The molecular formula is C34H52N2O2. The van der Waals surface area contributed by atoms with Gasteiger partial charge in [0.05, 0.1) is 6.61 Å². The Balaban J connectivity index is 1.58. The van der Waals surface area contributed by atoms with Gasteiger partial charge in [0, 0.05) is 37.5 Å². The molecule has 3 rings (SSSR count). The number of carbonyl (C=O) groups excluding carboxylic acids is 1. The van der Waals surface area contributed by atoms with Crippen LogP contribution in [0.25, 0.3) is 0 Å². The lowest BCUT2D eigenvalue weighted by atomic mass is 9.76. The van der Waals surface area contributed by atoms with Gasteiger partial charge in [-0.15, -0.1) is 0 Å². The summed E-state index contributed by atoms with van der Waals surface area (Å²) in [6, 6.07) is 10.8. The van der Waals surface area contributed by atoms with E-state index in [0.29, 0.717) is 19.6 Å². The number of aromatic nitrogens is 1. The van der Waals surface area contributed by atoms with Crippen molar-refractivity contribution in [3.8, 4) is 5.75 Å². The maximum atomic E-state index is 13.2. The number of pyridine rings is 1. The largest absolute Gasteiger partial charge is 0.493 e. The van der Waals surface area contributed by atoms with Crippen molar-refractivity contribution in [2.75, 3.05) is 13.2 Å². The summed E-state index contributed by atoms with van der Waals surface area (Å²) >= 11 is 0. The minimum absolute atomic E-state index is 0.0578. The van der Waals surface area contributed by atoms with Gasteiger partial charge in [0.25, 0.3) is 0 Å². The van der Waals surface area contributed by atoms with Crippen molar-refractivity contribution in [3.63, 3.8) is 0 Å². The summed E-state index contributed by atoms with van der Waals surface area (Å²) < 4.78 is 6.39. The van der Waals surface area contributed by atoms with E-state index in [4.69, 9.17) is 4.74 Å². The molecule has 0 N–H and O–H groups in total. The summed E-state index contributed by atoms with van der Waals surface area (Å²) in [5, 5.41) is 0. The third-order valence-electron chi connectivity index (χ3n) is 9.05. The van der Waals surface area contributed by atoms with Gasteiger partial charge in [-0.1, -0.05) is 79.4 Å². The molecule has 0 unspecified atom stereocenters. The van der Waals surface area contributed by atoms with E-state index in [2.05, 4.69) is 69.6 Å². The molecule has 1 amide bonds. The Morgan fingerprint density at radius 1 is 0.974 bits per heavy atom. The molecule has 1 heterocycles. The molecule has 38 heavy (non-hydrogen) atoms. The van der Waals surface area contributed by atoms with Crippen molar-refractivity contribution >= 4 is 5.91 Å². The van der Waals surface area contributed by atoms with Crippen molar-refractivity contribution in [2.45, 2.75) is 123 Å². The molecule has 2 aromatic rings. The lowest BCUT2D eigenvalue weighted by molar-refractivity contribution is -0.132. The Labute approximate surface area is 232 Å². The Bertz CT molecular complexity index is 993. The fourth-order valence-electron chi connectivity index (χ4n) is 5.37. The summed E-state index contributed by atoms with van der Waals surface area (Å²) in [7, 11) is 0. The molecule has 0 atom stereocenters. The van der Waals surface area contributed by atoms with E-state index in [1.54, 1.807) is 0 Å². The highest BCUT2D eigenvalue weighted by Gasteiger charge is 2.26. The van der Waals surface area contributed by atoms with Crippen LogP contribution in [0.15, 0.2) is 42.7 Å². The number of ether oxygens (including phenoxy) is 1. The van der Waals surface area contributed by atoms with E-state index in [1.165, 1.54) is 36.8 Å². The lowest BCUT2D eigenvalue weighted by Gasteiger charge is -2.30. The number of hydrogen-bond donors (Lipinski definition) is 0. The van der Waals surface area contributed by atoms with Crippen molar-refractivity contribution in [1.82, 2.24) is 9.88 Å². The number of hydrogen-bond acceptors (Lipinski definition) is 3. The first kappa shape index (κ1) is 30.2. The van der Waals surface area contributed by atoms with Crippen LogP contribution in [0.2, 0.25) is 0 Å². The molecule has 4 heteroatoms. The van der Waals surface area contributed by atoms with Gasteiger partial charge >= 0.3 is 0 Å². The monoisotopic (exact) mass is 520 g/mol. The topological polar surface area (TPSA) is 42.4 Å². The maximum Gasteiger partial charge on any atom is 0.222 e. The standard InChI is InChI=1S/C34H52N2O2/c1-7-33(3,4)29-16-17-31(30(25-29)34(5,6)8-2)38-24-12-11-23-36(26-28-19-21-35-22-20-28)32(37)18-15-27-13-9-10-14-27/h16-17,19-22,25,27H,7-15,18,23-24,26H2,1-6H3. The molecule has 0 spiro atoms. The molecule has 1 aromatic heterocycles. The number of rotatable bonds is 15. The summed E-state index contributed by atoms with van der Waals surface area (Å²) in [6.07, 6.45) is 14.6. The van der Waals surface area contributed by atoms with Crippen LogP contribution in [-0.2, 0) is 22.2 Å². The average Bonchev–Trinajstić information content (AvgIpc) is 3.45. The van der Waals surface area contributed by atoms with E-state index in [0.717, 1.165) is 55.9 Å². The molecule has 1 fully saturated rings. The van der Waals surface area contributed by atoms with Crippen molar-refractivity contribution in [1.29, 1.82) is 0 Å². The maximum absolute atomic E-state index is 13.2. The zero-order valence-corrected chi connectivity index (χ0v) is 25.0. The van der Waals surface area contributed by atoms with E-state index in [-0.39, 0.29) is 16.7 Å². The molecule has 1 aromatic carbocycles. The second-order valence-corrected chi connectivity index (χ2v) is 12.6. The van der Waals surface area contributed by atoms with Crippen LogP contribution in [0.3, 0.4) is 0 Å². The smallest absolute Gasteiger partial charge is 0.222 e. The normalized spacial score (nSPS) is 14.6. The predicted molar refractivity (Wildman–Crippen MR) is 159 cm³/mol. The summed E-state index contributed by atoms with van der Waals surface area (Å²) in [4.78, 5) is 19.4. The van der Waals surface area contributed by atoms with Crippen LogP contribution in [0.4, 0.5) is 0 Å². The van der Waals surface area contributed by atoms with Crippen molar-refractivity contribution in [3.05, 3.63) is 59.4 Å². The minimum Gasteiger partial charge on any atom is -0.493 e. The van der Waals surface area contributed by atoms with Crippen molar-refractivity contribution < 1.29 is 9.53 Å². The number of unbranched alkanes of at least 4 members (excludes halogenated alkanes) is 1. The Kier molecular flexibility index (Phi) is 11.2. The average molecular weight is 521 g/mol. The van der Waals surface area contributed by atoms with E-state index < -0.39 is 0 Å². The van der Waals surface area contributed by atoms with E-state index in [1.807, 2.05) is 24.5 Å². The highest BCUT2D eigenvalue weighted by molar-refractivity contribution is 5.76. The third kappa shape index (κ3) is 8.58. The molecule has 4 nitrogen and oxygen atoms in total. The molecule has 0 aliphatic heterocycles. The zero-order chi connectivity index (χ0) is 27.6. The van der Waals surface area contributed by atoms with Crippen LogP contribution in [0, 0.1) is 5.92 Å². The highest BCUT2D eigenvalue weighted by Crippen LogP contribution is 2.38. The third-order valence-corrected chi connectivity index (χ3v) is 9.05. The van der Waals surface area contributed by atoms with Gasteiger partial charge in [-0.3, -0.25) is 9.78 Å². The van der Waals surface area contributed by atoms with Crippen LogP contribution in [-0.4, -0.2) is 28.9 Å². The Morgan fingerprint density at radius 2 is 1.66 bits per heavy atom. The van der Waals surface area contributed by atoms with Gasteiger partial charge in [0.1, 0.15) is 5.75 Å². The first-order valence-corrected chi connectivity index (χ1v) is 15.1. The van der Waals surface area contributed by atoms with Crippen LogP contribution in [0.5, 0.6) is 5.75 Å². The van der Waals surface area contributed by atoms with Gasteiger partial charge in [0.2, 0.25) is 5.91 Å². The number of carbonyl (C=O) groups is 1. The Hall–Kier alpha value is -2.36. The van der Waals surface area contributed by atoms with Crippen molar-refractivity contribution in [2.24, 2.45) is 5.92 Å². The quantitative estimate of drug-likeness (QED) is 0.221. The number of amides is 1.